The zero-order chi connectivity index (χ0) is 14.0. The summed E-state index contributed by atoms with van der Waals surface area (Å²) >= 11 is 10.9. The first-order chi connectivity index (χ1) is 9.02. The molecular weight excluding hydrogens is 436 g/mol. The van der Waals surface area contributed by atoms with Crippen LogP contribution in [-0.2, 0) is 0 Å². The molecule has 1 unspecified atom stereocenters. The van der Waals surface area contributed by atoms with Crippen molar-refractivity contribution >= 4 is 47.8 Å². The monoisotopic (exact) mass is 446 g/mol. The molecule has 2 aromatic carbocycles. The molecule has 0 amide bonds. The van der Waals surface area contributed by atoms with Gasteiger partial charge in [0.05, 0.1) is 11.9 Å². The zero-order valence-corrected chi connectivity index (χ0v) is 15.3. The fraction of sp³-hybridized carbons (Fsp3) is 0.200. The van der Waals surface area contributed by atoms with Gasteiger partial charge in [0.1, 0.15) is 5.75 Å². The van der Waals surface area contributed by atoms with E-state index in [2.05, 4.69) is 79.0 Å². The second-order valence-electron chi connectivity index (χ2n) is 4.26. The van der Waals surface area contributed by atoms with Gasteiger partial charge < -0.3 is 4.74 Å². The van der Waals surface area contributed by atoms with Crippen LogP contribution in [0.5, 0.6) is 5.75 Å². The van der Waals surface area contributed by atoms with Gasteiger partial charge in [0.25, 0.3) is 0 Å². The molecule has 0 saturated heterocycles. The van der Waals surface area contributed by atoms with Crippen molar-refractivity contribution in [3.8, 4) is 5.75 Å². The Morgan fingerprint density at radius 3 is 2.32 bits per heavy atom. The fourth-order valence-corrected chi connectivity index (χ4v) is 3.67. The maximum atomic E-state index is 5.22. The van der Waals surface area contributed by atoms with Gasteiger partial charge in [-0.15, -0.1) is 0 Å². The van der Waals surface area contributed by atoms with E-state index < -0.39 is 0 Å². The van der Waals surface area contributed by atoms with E-state index in [9.17, 15) is 0 Å². The van der Waals surface area contributed by atoms with Gasteiger partial charge in [0.15, 0.2) is 0 Å². The number of hydrogen-bond donors (Lipinski definition) is 0. The van der Waals surface area contributed by atoms with Gasteiger partial charge in [-0.3, -0.25) is 0 Å². The topological polar surface area (TPSA) is 9.23 Å². The van der Waals surface area contributed by atoms with E-state index in [1.165, 1.54) is 16.7 Å². The Bertz CT molecular complexity index is 596. The second kappa shape index (κ2) is 6.42. The number of rotatable bonds is 3. The molecule has 100 valence electrons. The molecule has 0 N–H and O–H groups in total. The van der Waals surface area contributed by atoms with Crippen molar-refractivity contribution in [3.05, 3.63) is 62.0 Å². The van der Waals surface area contributed by atoms with Crippen molar-refractivity contribution in [2.75, 3.05) is 7.11 Å². The molecule has 0 aliphatic carbocycles. The lowest BCUT2D eigenvalue weighted by molar-refractivity contribution is 0.414. The summed E-state index contributed by atoms with van der Waals surface area (Å²) in [5, 5.41) is 0. The predicted octanol–water partition coefficient (Wildman–Crippen LogP) is 6.01. The predicted molar refractivity (Wildman–Crippen MR) is 90.3 cm³/mol. The average molecular weight is 449 g/mol. The molecule has 4 heteroatoms. The summed E-state index contributed by atoms with van der Waals surface area (Å²) < 4.78 is 7.38. The van der Waals surface area contributed by atoms with Gasteiger partial charge in [-0.25, -0.2) is 0 Å². The molecule has 0 aromatic heterocycles. The summed E-state index contributed by atoms with van der Waals surface area (Å²) in [4.78, 5) is 0.152. The molecular formula is C15H13Br3O. The SMILES string of the molecule is COc1ccc(C(Br)c2ccc(Br)c(C)c2)c(Br)c1. The van der Waals surface area contributed by atoms with Crippen molar-refractivity contribution in [1.82, 2.24) is 0 Å². The number of hydrogen-bond acceptors (Lipinski definition) is 1. The minimum Gasteiger partial charge on any atom is -0.497 e. The summed E-state index contributed by atoms with van der Waals surface area (Å²) in [6.45, 7) is 2.09. The van der Waals surface area contributed by atoms with Gasteiger partial charge >= 0.3 is 0 Å². The van der Waals surface area contributed by atoms with Crippen molar-refractivity contribution in [2.45, 2.75) is 11.8 Å². The summed E-state index contributed by atoms with van der Waals surface area (Å²) in [5.41, 5.74) is 3.64. The third-order valence-electron chi connectivity index (χ3n) is 2.96. The molecule has 0 saturated carbocycles. The Morgan fingerprint density at radius 1 is 1.00 bits per heavy atom. The van der Waals surface area contributed by atoms with Crippen molar-refractivity contribution < 1.29 is 4.74 Å². The highest BCUT2D eigenvalue weighted by Gasteiger charge is 2.14. The number of halogens is 3. The van der Waals surface area contributed by atoms with Crippen LogP contribution in [0.3, 0.4) is 0 Å². The summed E-state index contributed by atoms with van der Waals surface area (Å²) in [7, 11) is 1.67. The zero-order valence-electron chi connectivity index (χ0n) is 10.6. The van der Waals surface area contributed by atoms with E-state index in [0.29, 0.717) is 0 Å². The van der Waals surface area contributed by atoms with Crippen LogP contribution in [-0.4, -0.2) is 7.11 Å². The maximum absolute atomic E-state index is 5.22. The highest BCUT2D eigenvalue weighted by atomic mass is 79.9. The summed E-state index contributed by atoms with van der Waals surface area (Å²) in [6.07, 6.45) is 0. The third-order valence-corrected chi connectivity index (χ3v) is 5.55. The van der Waals surface area contributed by atoms with Crippen LogP contribution in [0, 0.1) is 6.92 Å². The normalized spacial score (nSPS) is 12.3. The molecule has 0 radical (unpaired) electrons. The van der Waals surface area contributed by atoms with Gasteiger partial charge in [-0.1, -0.05) is 66.0 Å². The largest absolute Gasteiger partial charge is 0.497 e. The molecule has 0 aliphatic rings. The van der Waals surface area contributed by atoms with Crippen LogP contribution in [0.2, 0.25) is 0 Å². The Morgan fingerprint density at radius 2 is 1.74 bits per heavy atom. The minimum absolute atomic E-state index is 0.152. The van der Waals surface area contributed by atoms with E-state index in [4.69, 9.17) is 4.74 Å². The van der Waals surface area contributed by atoms with E-state index in [-0.39, 0.29) is 4.83 Å². The Balaban J connectivity index is 2.38. The van der Waals surface area contributed by atoms with Crippen molar-refractivity contribution in [1.29, 1.82) is 0 Å². The van der Waals surface area contributed by atoms with Crippen molar-refractivity contribution in [3.63, 3.8) is 0 Å². The highest BCUT2D eigenvalue weighted by molar-refractivity contribution is 9.11. The van der Waals surface area contributed by atoms with Gasteiger partial charge in [-0.2, -0.15) is 0 Å². The molecule has 0 bridgehead atoms. The number of ether oxygens (including phenoxy) is 1. The first-order valence-corrected chi connectivity index (χ1v) is 8.26. The van der Waals surface area contributed by atoms with E-state index >= 15 is 0 Å². The molecule has 0 spiro atoms. The first-order valence-electron chi connectivity index (χ1n) is 5.76. The van der Waals surface area contributed by atoms with Crippen molar-refractivity contribution in [2.24, 2.45) is 0 Å². The number of methoxy groups -OCH3 is 1. The molecule has 1 nitrogen and oxygen atoms in total. The lowest BCUT2D eigenvalue weighted by Gasteiger charge is -2.15. The molecule has 19 heavy (non-hydrogen) atoms. The van der Waals surface area contributed by atoms with Crippen LogP contribution in [0.4, 0.5) is 0 Å². The third kappa shape index (κ3) is 3.41. The molecule has 0 heterocycles. The number of benzene rings is 2. The standard InChI is InChI=1S/C15H13Br3O/c1-9-7-10(3-6-13(9)16)15(18)12-5-4-11(19-2)8-14(12)17/h3-8,15H,1-2H3. The quantitative estimate of drug-likeness (QED) is 0.522. The van der Waals surface area contributed by atoms with Gasteiger partial charge in [-0.05, 0) is 41.8 Å². The number of aryl methyl sites for hydroxylation is 1. The lowest BCUT2D eigenvalue weighted by Crippen LogP contribution is -1.95. The molecule has 2 aromatic rings. The molecule has 1 atom stereocenters. The van der Waals surface area contributed by atoms with Crippen LogP contribution < -0.4 is 4.74 Å². The van der Waals surface area contributed by atoms with Gasteiger partial charge in [0, 0.05) is 8.95 Å². The van der Waals surface area contributed by atoms with E-state index in [0.717, 1.165) is 14.7 Å². The molecule has 2 rings (SSSR count). The van der Waals surface area contributed by atoms with Crippen LogP contribution >= 0.6 is 47.8 Å². The summed E-state index contributed by atoms with van der Waals surface area (Å²) in [5.74, 6) is 0.849. The van der Waals surface area contributed by atoms with E-state index in [1.807, 2.05) is 12.1 Å². The minimum atomic E-state index is 0.152. The smallest absolute Gasteiger partial charge is 0.120 e. The van der Waals surface area contributed by atoms with E-state index in [1.54, 1.807) is 7.11 Å². The summed E-state index contributed by atoms with van der Waals surface area (Å²) in [6, 6.07) is 12.4. The molecule has 0 aliphatic heterocycles. The van der Waals surface area contributed by atoms with Crippen LogP contribution in [0.15, 0.2) is 45.3 Å². The Kier molecular flexibility index (Phi) is 5.09. The Hall–Kier alpha value is -0.320. The Labute approximate surface area is 138 Å². The van der Waals surface area contributed by atoms with Gasteiger partial charge in [0.2, 0.25) is 0 Å². The number of alkyl halides is 1. The highest BCUT2D eigenvalue weighted by Crippen LogP contribution is 2.37. The van der Waals surface area contributed by atoms with Crippen LogP contribution in [0.1, 0.15) is 21.5 Å². The first kappa shape index (κ1) is 15.1. The van der Waals surface area contributed by atoms with Crippen LogP contribution in [0.25, 0.3) is 0 Å². The maximum Gasteiger partial charge on any atom is 0.120 e. The molecule has 0 fully saturated rings. The second-order valence-corrected chi connectivity index (χ2v) is 6.88. The average Bonchev–Trinajstić information content (AvgIpc) is 2.41. The lowest BCUT2D eigenvalue weighted by atomic mass is 10.0. The fourth-order valence-electron chi connectivity index (χ4n) is 1.85.